The van der Waals surface area contributed by atoms with Crippen LogP contribution >= 0.6 is 0 Å². The Bertz CT molecular complexity index is 303. The first-order valence-electron chi connectivity index (χ1n) is 4.43. The predicted molar refractivity (Wildman–Crippen MR) is 59.1 cm³/mol. The van der Waals surface area contributed by atoms with Crippen molar-refractivity contribution >= 4 is 6.21 Å². The van der Waals surface area contributed by atoms with Crippen molar-refractivity contribution in [2.24, 2.45) is 10.9 Å². The van der Waals surface area contributed by atoms with Crippen LogP contribution in [0.5, 0.6) is 0 Å². The molecule has 0 aromatic heterocycles. The molecule has 1 nitrogen and oxygen atoms in total. The lowest BCUT2D eigenvalue weighted by molar-refractivity contribution is 0.937. The van der Waals surface area contributed by atoms with E-state index in [1.807, 2.05) is 12.3 Å². The van der Waals surface area contributed by atoms with Crippen molar-refractivity contribution in [2.45, 2.75) is 6.92 Å². The first-order chi connectivity index (χ1) is 6.27. The van der Waals surface area contributed by atoms with Gasteiger partial charge < -0.3 is 0 Å². The maximum Gasteiger partial charge on any atom is 0.0287 e. The molecule has 1 rings (SSSR count). The minimum absolute atomic E-state index is 0.465. The van der Waals surface area contributed by atoms with Gasteiger partial charge in [-0.1, -0.05) is 43.9 Å². The van der Waals surface area contributed by atoms with Gasteiger partial charge in [-0.2, -0.15) is 0 Å². The lowest BCUT2D eigenvalue weighted by Crippen LogP contribution is -1.89. The summed E-state index contributed by atoms with van der Waals surface area (Å²) in [6.45, 7) is 5.95. The minimum Gasteiger partial charge on any atom is -0.296 e. The number of hydrogen-bond donors (Lipinski definition) is 0. The molecule has 1 unspecified atom stereocenters. The molecule has 0 N–H and O–H groups in total. The highest BCUT2D eigenvalue weighted by molar-refractivity contribution is 5.86. The number of rotatable bonds is 2. The van der Waals surface area contributed by atoms with E-state index < -0.39 is 0 Å². The Morgan fingerprint density at radius 3 is 2.85 bits per heavy atom. The zero-order chi connectivity index (χ0) is 9.68. The molecule has 1 heteroatoms. The SMILES string of the molecule is C=CC1=CC(C)C=CC=C1C=NC. The fourth-order valence-electron chi connectivity index (χ4n) is 1.31. The highest BCUT2D eigenvalue weighted by Gasteiger charge is 2.02. The van der Waals surface area contributed by atoms with E-state index in [1.165, 1.54) is 0 Å². The Morgan fingerprint density at radius 2 is 2.23 bits per heavy atom. The van der Waals surface area contributed by atoms with E-state index in [4.69, 9.17) is 0 Å². The van der Waals surface area contributed by atoms with Gasteiger partial charge in [0, 0.05) is 13.3 Å². The molecule has 0 saturated heterocycles. The molecule has 0 aromatic rings. The minimum atomic E-state index is 0.465. The van der Waals surface area contributed by atoms with E-state index in [9.17, 15) is 0 Å². The largest absolute Gasteiger partial charge is 0.296 e. The van der Waals surface area contributed by atoms with E-state index in [0.717, 1.165) is 11.1 Å². The molecule has 1 aliphatic carbocycles. The van der Waals surface area contributed by atoms with Gasteiger partial charge in [0.2, 0.25) is 0 Å². The smallest absolute Gasteiger partial charge is 0.0287 e. The Balaban J connectivity index is 3.04. The molecule has 13 heavy (non-hydrogen) atoms. The second-order valence-electron chi connectivity index (χ2n) is 3.08. The second kappa shape index (κ2) is 4.61. The summed E-state index contributed by atoms with van der Waals surface area (Å²) in [5.74, 6) is 0.465. The fraction of sp³-hybridized carbons (Fsp3) is 0.250. The second-order valence-corrected chi connectivity index (χ2v) is 3.08. The summed E-state index contributed by atoms with van der Waals surface area (Å²) < 4.78 is 0. The van der Waals surface area contributed by atoms with Gasteiger partial charge in [0.25, 0.3) is 0 Å². The van der Waals surface area contributed by atoms with Gasteiger partial charge in [-0.25, -0.2) is 0 Å². The highest BCUT2D eigenvalue weighted by Crippen LogP contribution is 2.17. The van der Waals surface area contributed by atoms with Gasteiger partial charge in [-0.05, 0) is 17.1 Å². The maximum absolute atomic E-state index is 4.01. The van der Waals surface area contributed by atoms with E-state index in [1.54, 1.807) is 7.05 Å². The van der Waals surface area contributed by atoms with Crippen molar-refractivity contribution in [1.29, 1.82) is 0 Å². The van der Waals surface area contributed by atoms with Crippen LogP contribution in [-0.4, -0.2) is 13.3 Å². The zero-order valence-electron chi connectivity index (χ0n) is 8.20. The topological polar surface area (TPSA) is 12.4 Å². The van der Waals surface area contributed by atoms with Crippen LogP contribution in [0.1, 0.15) is 6.92 Å². The van der Waals surface area contributed by atoms with Gasteiger partial charge in [0.1, 0.15) is 0 Å². The Morgan fingerprint density at radius 1 is 1.46 bits per heavy atom. The average molecular weight is 173 g/mol. The van der Waals surface area contributed by atoms with Crippen LogP contribution in [0.3, 0.4) is 0 Å². The molecule has 1 atom stereocenters. The highest BCUT2D eigenvalue weighted by atomic mass is 14.6. The lowest BCUT2D eigenvalue weighted by atomic mass is 10.0. The predicted octanol–water partition coefficient (Wildman–Crippen LogP) is 2.93. The number of aliphatic imine (C=N–C) groups is 1. The Labute approximate surface area is 79.9 Å². The van der Waals surface area contributed by atoms with Crippen LogP contribution in [0, 0.1) is 5.92 Å². The molecule has 0 radical (unpaired) electrons. The third kappa shape index (κ3) is 2.55. The van der Waals surface area contributed by atoms with Gasteiger partial charge >= 0.3 is 0 Å². The van der Waals surface area contributed by atoms with Crippen molar-refractivity contribution in [2.75, 3.05) is 7.05 Å². The van der Waals surface area contributed by atoms with Crippen molar-refractivity contribution in [1.82, 2.24) is 0 Å². The Kier molecular flexibility index (Phi) is 3.44. The van der Waals surface area contributed by atoms with Crippen LogP contribution in [0.15, 0.2) is 53.1 Å². The van der Waals surface area contributed by atoms with Gasteiger partial charge in [0.15, 0.2) is 0 Å². The number of nitrogens with zero attached hydrogens (tertiary/aromatic N) is 1. The summed E-state index contributed by atoms with van der Waals surface area (Å²) in [5.41, 5.74) is 2.28. The number of allylic oxidation sites excluding steroid dienone is 7. The summed E-state index contributed by atoms with van der Waals surface area (Å²) in [5, 5.41) is 0. The molecule has 68 valence electrons. The van der Waals surface area contributed by atoms with Gasteiger partial charge in [-0.3, -0.25) is 4.99 Å². The molecule has 0 aliphatic heterocycles. The van der Waals surface area contributed by atoms with E-state index in [0.29, 0.717) is 5.92 Å². The average Bonchev–Trinajstić information content (AvgIpc) is 2.29. The summed E-state index contributed by atoms with van der Waals surface area (Å²) in [6, 6.07) is 0. The molecule has 0 amide bonds. The van der Waals surface area contributed by atoms with Crippen molar-refractivity contribution in [3.05, 3.63) is 48.1 Å². The van der Waals surface area contributed by atoms with Crippen LogP contribution in [0.2, 0.25) is 0 Å². The van der Waals surface area contributed by atoms with Crippen LogP contribution in [-0.2, 0) is 0 Å². The molecule has 0 aromatic carbocycles. The van der Waals surface area contributed by atoms with Crippen LogP contribution in [0.25, 0.3) is 0 Å². The van der Waals surface area contributed by atoms with Crippen molar-refractivity contribution in [3.8, 4) is 0 Å². The molecule has 0 bridgehead atoms. The standard InChI is InChI=1S/C12H15N/c1-4-11-8-10(2)6-5-7-12(11)9-13-3/h4-10H,1H2,2-3H3. The van der Waals surface area contributed by atoms with Crippen LogP contribution in [0.4, 0.5) is 0 Å². The monoisotopic (exact) mass is 173 g/mol. The fourth-order valence-corrected chi connectivity index (χ4v) is 1.31. The molecule has 0 fully saturated rings. The summed E-state index contributed by atoms with van der Waals surface area (Å²) in [4.78, 5) is 4.01. The zero-order valence-corrected chi connectivity index (χ0v) is 8.20. The summed E-state index contributed by atoms with van der Waals surface area (Å²) >= 11 is 0. The third-order valence-corrected chi connectivity index (χ3v) is 1.95. The lowest BCUT2D eigenvalue weighted by Gasteiger charge is -2.02. The molecule has 0 spiro atoms. The van der Waals surface area contributed by atoms with E-state index in [2.05, 4.69) is 42.8 Å². The summed E-state index contributed by atoms with van der Waals surface area (Å²) in [7, 11) is 1.78. The van der Waals surface area contributed by atoms with E-state index >= 15 is 0 Å². The molecule has 0 saturated carbocycles. The molecule has 0 heterocycles. The van der Waals surface area contributed by atoms with Gasteiger partial charge in [-0.15, -0.1) is 0 Å². The molecular formula is C12H15N. The normalized spacial score (nSPS) is 22.5. The molecule has 1 aliphatic rings. The maximum atomic E-state index is 4.01. The Hall–Kier alpha value is -1.37. The van der Waals surface area contributed by atoms with Crippen LogP contribution < -0.4 is 0 Å². The quantitative estimate of drug-likeness (QED) is 0.569. The summed E-state index contributed by atoms with van der Waals surface area (Å²) in [6.07, 6.45) is 12.2. The first-order valence-corrected chi connectivity index (χ1v) is 4.43. The van der Waals surface area contributed by atoms with Crippen molar-refractivity contribution < 1.29 is 0 Å². The third-order valence-electron chi connectivity index (χ3n) is 1.95. The van der Waals surface area contributed by atoms with E-state index in [-0.39, 0.29) is 0 Å². The van der Waals surface area contributed by atoms with Crippen molar-refractivity contribution in [3.63, 3.8) is 0 Å². The first kappa shape index (κ1) is 9.72. The van der Waals surface area contributed by atoms with Gasteiger partial charge in [0.05, 0.1) is 0 Å². The number of hydrogen-bond acceptors (Lipinski definition) is 1. The molecular weight excluding hydrogens is 158 g/mol.